The van der Waals surface area contributed by atoms with Crippen molar-refractivity contribution in [2.45, 2.75) is 33.6 Å². The van der Waals surface area contributed by atoms with Gasteiger partial charge in [0.25, 0.3) is 5.91 Å². The van der Waals surface area contributed by atoms with Crippen molar-refractivity contribution in [3.05, 3.63) is 0 Å². The summed E-state index contributed by atoms with van der Waals surface area (Å²) in [5.74, 6) is -0.848. The molecular weight excluding hydrogens is 166 g/mol. The predicted octanol–water partition coefficient (Wildman–Crippen LogP) is 1.47. The molecule has 0 saturated heterocycles. The number of Topliss-reactive ketones (excluding diaryl/α,β-unsaturated/α-hetero) is 1. The molecular formula is C10H19NO2. The number of rotatable bonds is 5. The Hall–Kier alpha value is -0.860. The molecule has 0 aromatic rings. The first-order valence-electron chi connectivity index (χ1n) is 4.80. The number of carbonyl (C=O) groups excluding carboxylic acids is 2. The Morgan fingerprint density at radius 1 is 1.31 bits per heavy atom. The van der Waals surface area contributed by atoms with Crippen LogP contribution in [0.5, 0.6) is 0 Å². The van der Waals surface area contributed by atoms with Gasteiger partial charge in [-0.2, -0.15) is 0 Å². The Bertz CT molecular complexity index is 187. The highest BCUT2D eigenvalue weighted by Gasteiger charge is 2.20. The summed E-state index contributed by atoms with van der Waals surface area (Å²) in [6, 6.07) is 0. The molecule has 0 N–H and O–H groups in total. The normalized spacial score (nSPS) is 10.2. The number of ketones is 1. The van der Waals surface area contributed by atoms with Crippen LogP contribution in [0.2, 0.25) is 0 Å². The van der Waals surface area contributed by atoms with E-state index in [1.54, 1.807) is 20.9 Å². The van der Waals surface area contributed by atoms with E-state index in [4.69, 9.17) is 0 Å². The van der Waals surface area contributed by atoms with E-state index in [1.165, 1.54) is 4.90 Å². The lowest BCUT2D eigenvalue weighted by atomic mass is 10.1. The van der Waals surface area contributed by atoms with E-state index in [0.29, 0.717) is 6.54 Å². The Morgan fingerprint density at radius 3 is 2.23 bits per heavy atom. The third kappa shape index (κ3) is 4.06. The maximum absolute atomic E-state index is 11.4. The molecule has 0 aliphatic rings. The molecule has 0 heterocycles. The van der Waals surface area contributed by atoms with Crippen molar-refractivity contribution < 1.29 is 9.59 Å². The molecule has 0 bridgehead atoms. The van der Waals surface area contributed by atoms with Crippen molar-refractivity contribution in [3.8, 4) is 0 Å². The van der Waals surface area contributed by atoms with Crippen molar-refractivity contribution in [3.63, 3.8) is 0 Å². The summed E-state index contributed by atoms with van der Waals surface area (Å²) in [6.07, 6.45) is 1.99. The van der Waals surface area contributed by atoms with E-state index in [9.17, 15) is 9.59 Å². The molecule has 1 amide bonds. The van der Waals surface area contributed by atoms with Crippen LogP contribution >= 0.6 is 0 Å². The minimum atomic E-state index is -0.358. The van der Waals surface area contributed by atoms with Crippen molar-refractivity contribution in [1.29, 1.82) is 0 Å². The molecule has 0 aromatic heterocycles. The number of carbonyl (C=O) groups is 2. The fourth-order valence-electron chi connectivity index (χ4n) is 0.932. The van der Waals surface area contributed by atoms with Gasteiger partial charge in [-0.3, -0.25) is 9.59 Å². The highest BCUT2D eigenvalue weighted by molar-refractivity contribution is 6.36. The van der Waals surface area contributed by atoms with Gasteiger partial charge in [0, 0.05) is 19.5 Å². The van der Waals surface area contributed by atoms with Gasteiger partial charge in [0.15, 0.2) is 0 Å². The topological polar surface area (TPSA) is 37.4 Å². The van der Waals surface area contributed by atoms with Crippen molar-refractivity contribution in [2.24, 2.45) is 5.92 Å². The van der Waals surface area contributed by atoms with Crippen LogP contribution in [0.1, 0.15) is 33.6 Å². The number of hydrogen-bond donors (Lipinski definition) is 0. The standard InChI is InChI=1S/C10H19NO2/c1-5-6-7-11(4)10(13)9(12)8(2)3/h8H,5-7H2,1-4H3. The second-order valence-corrected chi connectivity index (χ2v) is 3.60. The van der Waals surface area contributed by atoms with Crippen LogP contribution in [-0.4, -0.2) is 30.2 Å². The predicted molar refractivity (Wildman–Crippen MR) is 52.4 cm³/mol. The van der Waals surface area contributed by atoms with Crippen molar-refractivity contribution in [2.75, 3.05) is 13.6 Å². The number of nitrogens with zero attached hydrogens (tertiary/aromatic N) is 1. The van der Waals surface area contributed by atoms with Crippen LogP contribution in [0.4, 0.5) is 0 Å². The summed E-state index contributed by atoms with van der Waals surface area (Å²) in [6.45, 7) is 6.22. The van der Waals surface area contributed by atoms with E-state index in [2.05, 4.69) is 6.92 Å². The Balaban J connectivity index is 4.02. The first-order chi connectivity index (χ1) is 6.00. The monoisotopic (exact) mass is 185 g/mol. The van der Waals surface area contributed by atoms with Gasteiger partial charge in [0.05, 0.1) is 0 Å². The molecule has 0 radical (unpaired) electrons. The number of hydrogen-bond acceptors (Lipinski definition) is 2. The molecule has 3 nitrogen and oxygen atoms in total. The van der Waals surface area contributed by atoms with E-state index < -0.39 is 0 Å². The van der Waals surface area contributed by atoms with Gasteiger partial charge >= 0.3 is 0 Å². The average Bonchev–Trinajstić information content (AvgIpc) is 2.11. The Kier molecular flexibility index (Phi) is 5.35. The lowest BCUT2D eigenvalue weighted by molar-refractivity contribution is -0.145. The van der Waals surface area contributed by atoms with Crippen LogP contribution in [0.25, 0.3) is 0 Å². The number of amides is 1. The third-order valence-electron chi connectivity index (χ3n) is 1.93. The lowest BCUT2D eigenvalue weighted by Crippen LogP contribution is -2.36. The molecule has 76 valence electrons. The first kappa shape index (κ1) is 12.1. The number of likely N-dealkylation sites (N-methyl/N-ethyl adjacent to an activating group) is 1. The summed E-state index contributed by atoms with van der Waals surface area (Å²) in [4.78, 5) is 24.1. The summed E-state index contributed by atoms with van der Waals surface area (Å²) in [5.41, 5.74) is 0. The third-order valence-corrected chi connectivity index (χ3v) is 1.93. The maximum atomic E-state index is 11.4. The molecule has 13 heavy (non-hydrogen) atoms. The molecule has 0 spiro atoms. The van der Waals surface area contributed by atoms with Gasteiger partial charge in [-0.25, -0.2) is 0 Å². The minimum absolute atomic E-state index is 0.198. The summed E-state index contributed by atoms with van der Waals surface area (Å²) in [7, 11) is 1.68. The Labute approximate surface area is 80.1 Å². The second-order valence-electron chi connectivity index (χ2n) is 3.60. The second kappa shape index (κ2) is 5.73. The van der Waals surface area contributed by atoms with Crippen LogP contribution < -0.4 is 0 Å². The molecule has 3 heteroatoms. The quantitative estimate of drug-likeness (QED) is 0.608. The summed E-state index contributed by atoms with van der Waals surface area (Å²) >= 11 is 0. The molecule has 0 fully saturated rings. The van der Waals surface area contributed by atoms with E-state index >= 15 is 0 Å². The summed E-state index contributed by atoms with van der Waals surface area (Å²) in [5, 5.41) is 0. The van der Waals surface area contributed by atoms with Gasteiger partial charge in [-0.05, 0) is 6.42 Å². The van der Waals surface area contributed by atoms with Crippen molar-refractivity contribution in [1.82, 2.24) is 4.90 Å². The van der Waals surface area contributed by atoms with Gasteiger partial charge in [-0.1, -0.05) is 27.2 Å². The van der Waals surface area contributed by atoms with Crippen LogP contribution in [0, 0.1) is 5.92 Å². The highest BCUT2D eigenvalue weighted by Crippen LogP contribution is 1.99. The lowest BCUT2D eigenvalue weighted by Gasteiger charge is -2.16. The fraction of sp³-hybridized carbons (Fsp3) is 0.800. The van der Waals surface area contributed by atoms with Crippen LogP contribution in [-0.2, 0) is 9.59 Å². The smallest absolute Gasteiger partial charge is 0.289 e. The van der Waals surface area contributed by atoms with E-state index in [0.717, 1.165) is 12.8 Å². The minimum Gasteiger partial charge on any atom is -0.339 e. The molecule has 0 aromatic carbocycles. The number of unbranched alkanes of at least 4 members (excludes halogenated alkanes) is 1. The van der Waals surface area contributed by atoms with E-state index in [-0.39, 0.29) is 17.6 Å². The SMILES string of the molecule is CCCCN(C)C(=O)C(=O)C(C)C. The fourth-order valence-corrected chi connectivity index (χ4v) is 0.932. The van der Waals surface area contributed by atoms with Gasteiger partial charge in [0.1, 0.15) is 0 Å². The van der Waals surface area contributed by atoms with Crippen molar-refractivity contribution >= 4 is 11.7 Å². The molecule has 0 rings (SSSR count). The molecule has 0 unspecified atom stereocenters. The average molecular weight is 185 g/mol. The molecule has 0 saturated carbocycles. The van der Waals surface area contributed by atoms with Gasteiger partial charge in [-0.15, -0.1) is 0 Å². The largest absolute Gasteiger partial charge is 0.339 e. The van der Waals surface area contributed by atoms with Gasteiger partial charge in [0.2, 0.25) is 5.78 Å². The molecule has 0 aliphatic heterocycles. The molecule has 0 aliphatic carbocycles. The van der Waals surface area contributed by atoms with E-state index in [1.807, 2.05) is 0 Å². The zero-order valence-corrected chi connectivity index (χ0v) is 8.96. The zero-order chi connectivity index (χ0) is 10.4. The Morgan fingerprint density at radius 2 is 1.85 bits per heavy atom. The zero-order valence-electron chi connectivity index (χ0n) is 8.96. The van der Waals surface area contributed by atoms with Gasteiger partial charge < -0.3 is 4.90 Å². The van der Waals surface area contributed by atoms with Crippen LogP contribution in [0.15, 0.2) is 0 Å². The van der Waals surface area contributed by atoms with Crippen LogP contribution in [0.3, 0.4) is 0 Å². The highest BCUT2D eigenvalue weighted by atomic mass is 16.2. The molecule has 0 atom stereocenters. The summed E-state index contributed by atoms with van der Waals surface area (Å²) < 4.78 is 0. The first-order valence-corrected chi connectivity index (χ1v) is 4.80. The maximum Gasteiger partial charge on any atom is 0.289 e.